The number of hydrogen-bond acceptors (Lipinski definition) is 8. The van der Waals surface area contributed by atoms with Crippen molar-refractivity contribution in [3.8, 4) is 29.6 Å². The number of nitrogens with zero attached hydrogens (tertiary/aromatic N) is 3. The smallest absolute Gasteiger partial charge is 0.175 e. The van der Waals surface area contributed by atoms with E-state index in [4.69, 9.17) is 26.5 Å². The zero-order valence-electron chi connectivity index (χ0n) is 19.8. The van der Waals surface area contributed by atoms with Crippen molar-refractivity contribution in [2.75, 3.05) is 20.8 Å². The van der Waals surface area contributed by atoms with E-state index < -0.39 is 0 Å². The van der Waals surface area contributed by atoms with Gasteiger partial charge in [0.15, 0.2) is 5.75 Å². The van der Waals surface area contributed by atoms with Crippen molar-refractivity contribution in [2.24, 2.45) is 16.6 Å². The Morgan fingerprint density at radius 3 is 2.53 bits per heavy atom. The van der Waals surface area contributed by atoms with Crippen LogP contribution in [-0.4, -0.2) is 37.3 Å². The van der Waals surface area contributed by atoms with Crippen LogP contribution in [0.1, 0.15) is 23.6 Å². The summed E-state index contributed by atoms with van der Waals surface area (Å²) in [5.74, 6) is 4.36. The van der Waals surface area contributed by atoms with Crippen molar-refractivity contribution >= 4 is 18.5 Å². The number of methoxy groups -OCH3 is 1. The highest BCUT2D eigenvalue weighted by atomic mass is 32.2. The monoisotopic (exact) mass is 481 g/mol. The zero-order valence-corrected chi connectivity index (χ0v) is 20.6. The van der Waals surface area contributed by atoms with E-state index in [2.05, 4.69) is 41.6 Å². The molecule has 0 aliphatic heterocycles. The summed E-state index contributed by atoms with van der Waals surface area (Å²) in [6.45, 7) is 6.72. The van der Waals surface area contributed by atoms with Crippen LogP contribution in [0.5, 0.6) is 17.2 Å². The number of aromatic nitrogens is 2. The van der Waals surface area contributed by atoms with Gasteiger partial charge in [-0.25, -0.2) is 0 Å². The standard InChI is InChI=1S/C24H26N4O3S.CH5N/c1-5-9-30-20-8-7-17(6-2)12-23(20)32-24-21(29-4)10-18(11-22(24)31-26-3)15-28-16-19(13-25)14-27-28;1-2/h1,7-8,10-12,14,16H,3,6,9,13,15,25H2,2,4H3;2H2,1H3. The number of terminal acetylenes is 1. The first-order valence-electron chi connectivity index (χ1n) is 10.6. The van der Waals surface area contributed by atoms with Crippen LogP contribution in [0.2, 0.25) is 0 Å². The van der Waals surface area contributed by atoms with E-state index in [1.54, 1.807) is 13.3 Å². The summed E-state index contributed by atoms with van der Waals surface area (Å²) < 4.78 is 13.3. The van der Waals surface area contributed by atoms with Gasteiger partial charge in [0.05, 0.1) is 29.6 Å². The molecule has 0 fully saturated rings. The molecule has 0 spiro atoms. The molecule has 0 atom stereocenters. The van der Waals surface area contributed by atoms with Crippen molar-refractivity contribution in [2.45, 2.75) is 36.2 Å². The van der Waals surface area contributed by atoms with Crippen LogP contribution < -0.4 is 25.8 Å². The molecule has 2 aromatic carbocycles. The molecule has 34 heavy (non-hydrogen) atoms. The Labute approximate surface area is 205 Å². The number of aryl methyl sites for hydroxylation is 1. The second kappa shape index (κ2) is 14.0. The average Bonchev–Trinajstić information content (AvgIpc) is 3.33. The fraction of sp³-hybridized carbons (Fsp3) is 0.280. The molecule has 1 aromatic heterocycles. The Hall–Kier alpha value is -3.45. The van der Waals surface area contributed by atoms with E-state index in [9.17, 15) is 0 Å². The molecule has 4 N–H and O–H groups in total. The van der Waals surface area contributed by atoms with E-state index >= 15 is 0 Å². The maximum Gasteiger partial charge on any atom is 0.175 e. The lowest BCUT2D eigenvalue weighted by Gasteiger charge is -2.16. The van der Waals surface area contributed by atoms with Gasteiger partial charge in [0.25, 0.3) is 0 Å². The van der Waals surface area contributed by atoms with Gasteiger partial charge in [-0.2, -0.15) is 5.10 Å². The van der Waals surface area contributed by atoms with Gasteiger partial charge in [-0.15, -0.1) is 6.42 Å². The van der Waals surface area contributed by atoms with Crippen LogP contribution >= 0.6 is 11.8 Å². The van der Waals surface area contributed by atoms with Gasteiger partial charge in [0, 0.05) is 25.0 Å². The summed E-state index contributed by atoms with van der Waals surface area (Å²) >= 11 is 1.46. The Morgan fingerprint density at radius 2 is 1.91 bits per heavy atom. The first kappa shape index (κ1) is 26.8. The predicted octanol–water partition coefficient (Wildman–Crippen LogP) is 3.69. The highest BCUT2D eigenvalue weighted by molar-refractivity contribution is 7.99. The van der Waals surface area contributed by atoms with Gasteiger partial charge in [0.1, 0.15) is 18.1 Å². The summed E-state index contributed by atoms with van der Waals surface area (Å²) in [5, 5.41) is 7.98. The molecule has 0 bridgehead atoms. The third-order valence-electron chi connectivity index (χ3n) is 4.67. The first-order valence-corrected chi connectivity index (χ1v) is 11.4. The summed E-state index contributed by atoms with van der Waals surface area (Å²) in [6.07, 6.45) is 9.94. The van der Waals surface area contributed by atoms with Gasteiger partial charge in [0.2, 0.25) is 0 Å². The van der Waals surface area contributed by atoms with Gasteiger partial charge >= 0.3 is 0 Å². The quantitative estimate of drug-likeness (QED) is 0.244. The molecule has 0 aliphatic rings. The van der Waals surface area contributed by atoms with Crippen molar-refractivity contribution in [3.63, 3.8) is 0 Å². The van der Waals surface area contributed by atoms with Crippen molar-refractivity contribution in [1.82, 2.24) is 9.78 Å². The minimum Gasteiger partial charge on any atom is -0.495 e. The second-order valence-corrected chi connectivity index (χ2v) is 7.88. The Balaban J connectivity index is 0.00000199. The average molecular weight is 482 g/mol. The maximum atomic E-state index is 5.75. The number of hydrogen-bond donors (Lipinski definition) is 2. The van der Waals surface area contributed by atoms with Crippen LogP contribution in [0.4, 0.5) is 0 Å². The third kappa shape index (κ3) is 7.02. The van der Waals surface area contributed by atoms with E-state index in [0.29, 0.717) is 30.3 Å². The lowest BCUT2D eigenvalue weighted by molar-refractivity contribution is 0.328. The Kier molecular flexibility index (Phi) is 11.0. The Morgan fingerprint density at radius 1 is 1.15 bits per heavy atom. The third-order valence-corrected chi connectivity index (χ3v) is 5.82. The SMILES string of the molecule is C#CCOc1ccc(CC)cc1Sc1c(OC)cc(Cn2cc(CN)cn2)cc1ON=C.CN. The minimum absolute atomic E-state index is 0.182. The lowest BCUT2D eigenvalue weighted by Crippen LogP contribution is -2.02. The predicted molar refractivity (Wildman–Crippen MR) is 137 cm³/mol. The van der Waals surface area contributed by atoms with E-state index in [0.717, 1.165) is 27.3 Å². The minimum atomic E-state index is 0.182. The molecule has 0 saturated heterocycles. The summed E-state index contributed by atoms with van der Waals surface area (Å²) in [6, 6.07) is 9.88. The van der Waals surface area contributed by atoms with Gasteiger partial charge in [-0.05, 0) is 48.9 Å². The molecule has 9 heteroatoms. The van der Waals surface area contributed by atoms with Crippen molar-refractivity contribution < 1.29 is 14.3 Å². The lowest BCUT2D eigenvalue weighted by atomic mass is 10.2. The van der Waals surface area contributed by atoms with Gasteiger partial charge in [-0.1, -0.05) is 35.8 Å². The topological polar surface area (TPSA) is 110 Å². The molecular weight excluding hydrogens is 450 g/mol. The van der Waals surface area contributed by atoms with Crippen molar-refractivity contribution in [3.05, 3.63) is 59.4 Å². The van der Waals surface area contributed by atoms with E-state index in [-0.39, 0.29) is 6.61 Å². The van der Waals surface area contributed by atoms with Crippen molar-refractivity contribution in [1.29, 1.82) is 0 Å². The largest absolute Gasteiger partial charge is 0.495 e. The number of nitrogens with two attached hydrogens (primary N) is 2. The molecule has 0 radical (unpaired) electrons. The van der Waals surface area contributed by atoms with Crippen LogP contribution in [0.25, 0.3) is 0 Å². The molecule has 3 rings (SSSR count). The summed E-state index contributed by atoms with van der Waals surface area (Å²) in [7, 11) is 3.12. The molecule has 0 unspecified atom stereocenters. The molecule has 0 aliphatic carbocycles. The number of benzene rings is 2. The van der Waals surface area contributed by atoms with Gasteiger partial charge in [-0.3, -0.25) is 4.68 Å². The molecule has 1 heterocycles. The van der Waals surface area contributed by atoms with Crippen LogP contribution in [0.3, 0.4) is 0 Å². The molecule has 180 valence electrons. The molecule has 3 aromatic rings. The van der Waals surface area contributed by atoms with E-state index in [1.807, 2.05) is 35.1 Å². The number of ether oxygens (including phenoxy) is 2. The second-order valence-electron chi connectivity index (χ2n) is 6.83. The van der Waals surface area contributed by atoms with Crippen LogP contribution in [-0.2, 0) is 19.5 Å². The molecule has 0 amide bonds. The highest BCUT2D eigenvalue weighted by Crippen LogP contribution is 2.46. The van der Waals surface area contributed by atoms with E-state index in [1.165, 1.54) is 24.4 Å². The van der Waals surface area contributed by atoms with Gasteiger partial charge < -0.3 is 25.8 Å². The molecule has 8 nitrogen and oxygen atoms in total. The zero-order chi connectivity index (χ0) is 24.9. The highest BCUT2D eigenvalue weighted by Gasteiger charge is 2.18. The fourth-order valence-corrected chi connectivity index (χ4v) is 4.20. The maximum absolute atomic E-state index is 5.75. The number of oxime groups is 1. The number of rotatable bonds is 11. The normalized spacial score (nSPS) is 10.0. The Bertz CT molecular complexity index is 1120. The summed E-state index contributed by atoms with van der Waals surface area (Å²) in [5.41, 5.74) is 13.3. The van der Waals surface area contributed by atoms with Crippen LogP contribution in [0.15, 0.2) is 57.7 Å². The fourth-order valence-electron chi connectivity index (χ4n) is 3.10. The first-order chi connectivity index (χ1) is 16.6. The molecular formula is C25H31N5O3S. The summed E-state index contributed by atoms with van der Waals surface area (Å²) in [4.78, 5) is 7.18. The molecule has 0 saturated carbocycles. The van der Waals surface area contributed by atoms with Crippen LogP contribution in [0, 0.1) is 12.3 Å².